The van der Waals surface area contributed by atoms with Gasteiger partial charge in [0.05, 0.1) is 12.2 Å². The van der Waals surface area contributed by atoms with Gasteiger partial charge >= 0.3 is 5.97 Å². The molecule has 2 rings (SSSR count). The molecule has 0 aliphatic carbocycles. The Bertz CT molecular complexity index is 605. The van der Waals surface area contributed by atoms with Crippen molar-refractivity contribution in [2.45, 2.75) is 13.8 Å². The first-order valence-electron chi connectivity index (χ1n) is 6.16. The third kappa shape index (κ3) is 2.79. The van der Waals surface area contributed by atoms with E-state index in [1.54, 1.807) is 25.1 Å². The minimum atomic E-state index is -0.344. The Kier molecular flexibility index (Phi) is 4.23. The molecule has 0 unspecified atom stereocenters. The fourth-order valence-corrected chi connectivity index (χ4v) is 2.31. The molecule has 0 radical (unpaired) electrons. The van der Waals surface area contributed by atoms with Gasteiger partial charge < -0.3 is 4.74 Å². The molecule has 0 N–H and O–H groups in total. The smallest absolute Gasteiger partial charge is 0.338 e. The largest absolute Gasteiger partial charge is 0.462 e. The average molecular weight is 275 g/mol. The van der Waals surface area contributed by atoms with Crippen LogP contribution in [0.4, 0.5) is 0 Å². The normalized spacial score (nSPS) is 10.3. The minimum Gasteiger partial charge on any atom is -0.462 e. The molecule has 0 aromatic heterocycles. The van der Waals surface area contributed by atoms with Gasteiger partial charge in [0.25, 0.3) is 0 Å². The van der Waals surface area contributed by atoms with Gasteiger partial charge in [-0.15, -0.1) is 0 Å². The van der Waals surface area contributed by atoms with E-state index in [0.717, 1.165) is 16.7 Å². The quantitative estimate of drug-likeness (QED) is 0.771. The summed E-state index contributed by atoms with van der Waals surface area (Å²) in [7, 11) is 0. The second-order valence-electron chi connectivity index (χ2n) is 4.20. The van der Waals surface area contributed by atoms with Crippen molar-refractivity contribution >= 4 is 17.6 Å². The second kappa shape index (κ2) is 5.89. The van der Waals surface area contributed by atoms with E-state index in [1.807, 2.05) is 31.2 Å². The lowest BCUT2D eigenvalue weighted by atomic mass is 9.96. The number of carbonyl (C=O) groups excluding carboxylic acids is 1. The van der Waals surface area contributed by atoms with E-state index in [4.69, 9.17) is 16.3 Å². The maximum absolute atomic E-state index is 12.0. The number of aryl methyl sites for hydroxylation is 1. The van der Waals surface area contributed by atoms with Crippen molar-refractivity contribution in [1.29, 1.82) is 0 Å². The number of ether oxygens (including phenoxy) is 1. The van der Waals surface area contributed by atoms with Crippen LogP contribution in [-0.2, 0) is 4.74 Å². The van der Waals surface area contributed by atoms with Crippen molar-refractivity contribution in [3.05, 3.63) is 58.6 Å². The number of hydrogen-bond acceptors (Lipinski definition) is 2. The summed E-state index contributed by atoms with van der Waals surface area (Å²) < 4.78 is 5.09. The first kappa shape index (κ1) is 13.6. The molecule has 0 bridgehead atoms. The predicted octanol–water partition coefficient (Wildman–Crippen LogP) is 4.49. The van der Waals surface area contributed by atoms with E-state index in [9.17, 15) is 4.79 Å². The third-order valence-corrected chi connectivity index (χ3v) is 3.24. The van der Waals surface area contributed by atoms with Crippen molar-refractivity contribution in [3.63, 3.8) is 0 Å². The molecule has 0 aliphatic heterocycles. The molecule has 0 aliphatic rings. The molecule has 98 valence electrons. The molecule has 2 aromatic rings. The standard InChI is InChI=1S/C16H15ClO2/c1-3-19-16(18)13-9-6-10-14(17)15(13)12-8-5-4-7-11(12)2/h4-10H,3H2,1-2H3. The Morgan fingerprint density at radius 2 is 1.89 bits per heavy atom. The summed E-state index contributed by atoms with van der Waals surface area (Å²) >= 11 is 6.27. The summed E-state index contributed by atoms with van der Waals surface area (Å²) in [6, 6.07) is 13.1. The molecule has 0 heterocycles. The van der Waals surface area contributed by atoms with Gasteiger partial charge in [-0.1, -0.05) is 41.9 Å². The molecule has 19 heavy (non-hydrogen) atoms. The first-order chi connectivity index (χ1) is 9.15. The highest BCUT2D eigenvalue weighted by Crippen LogP contribution is 2.33. The van der Waals surface area contributed by atoms with Crippen molar-refractivity contribution in [1.82, 2.24) is 0 Å². The average Bonchev–Trinajstić information content (AvgIpc) is 2.40. The zero-order valence-electron chi connectivity index (χ0n) is 10.9. The lowest BCUT2D eigenvalue weighted by molar-refractivity contribution is 0.0527. The highest BCUT2D eigenvalue weighted by molar-refractivity contribution is 6.34. The molecule has 0 atom stereocenters. The van der Waals surface area contributed by atoms with Gasteiger partial charge in [-0.25, -0.2) is 4.79 Å². The van der Waals surface area contributed by atoms with E-state index in [1.165, 1.54) is 0 Å². The fraction of sp³-hybridized carbons (Fsp3) is 0.188. The molecule has 0 amide bonds. The van der Waals surface area contributed by atoms with E-state index in [0.29, 0.717) is 17.2 Å². The van der Waals surface area contributed by atoms with Crippen molar-refractivity contribution in [2.75, 3.05) is 6.61 Å². The van der Waals surface area contributed by atoms with Crippen LogP contribution in [0.15, 0.2) is 42.5 Å². The molecule has 2 aromatic carbocycles. The van der Waals surface area contributed by atoms with Gasteiger partial charge in [0.1, 0.15) is 0 Å². The number of esters is 1. The van der Waals surface area contributed by atoms with Crippen LogP contribution in [-0.4, -0.2) is 12.6 Å². The van der Waals surface area contributed by atoms with Crippen molar-refractivity contribution < 1.29 is 9.53 Å². The Morgan fingerprint density at radius 1 is 1.16 bits per heavy atom. The zero-order chi connectivity index (χ0) is 13.8. The summed E-state index contributed by atoms with van der Waals surface area (Å²) in [6.45, 7) is 4.13. The maximum atomic E-state index is 12.0. The molecular formula is C16H15ClO2. The highest BCUT2D eigenvalue weighted by Gasteiger charge is 2.17. The molecule has 0 saturated carbocycles. The van der Waals surface area contributed by atoms with Gasteiger partial charge in [-0.3, -0.25) is 0 Å². The van der Waals surface area contributed by atoms with E-state index < -0.39 is 0 Å². The Labute approximate surface area is 118 Å². The lowest BCUT2D eigenvalue weighted by Gasteiger charge is -2.13. The van der Waals surface area contributed by atoms with Gasteiger partial charge in [0.2, 0.25) is 0 Å². The predicted molar refractivity (Wildman–Crippen MR) is 77.6 cm³/mol. The second-order valence-corrected chi connectivity index (χ2v) is 4.60. The van der Waals surface area contributed by atoms with E-state index in [2.05, 4.69) is 0 Å². The first-order valence-corrected chi connectivity index (χ1v) is 6.54. The van der Waals surface area contributed by atoms with Crippen LogP contribution >= 0.6 is 11.6 Å². The summed E-state index contributed by atoms with van der Waals surface area (Å²) in [6.07, 6.45) is 0. The monoisotopic (exact) mass is 274 g/mol. The molecule has 0 spiro atoms. The van der Waals surface area contributed by atoms with Crippen LogP contribution < -0.4 is 0 Å². The summed E-state index contributed by atoms with van der Waals surface area (Å²) in [4.78, 5) is 12.0. The van der Waals surface area contributed by atoms with Crippen LogP contribution in [0.2, 0.25) is 5.02 Å². The molecule has 3 heteroatoms. The Hall–Kier alpha value is -1.80. The lowest BCUT2D eigenvalue weighted by Crippen LogP contribution is -2.07. The SMILES string of the molecule is CCOC(=O)c1cccc(Cl)c1-c1ccccc1C. The van der Waals surface area contributed by atoms with E-state index >= 15 is 0 Å². The number of hydrogen-bond donors (Lipinski definition) is 0. The highest BCUT2D eigenvalue weighted by atomic mass is 35.5. The summed E-state index contributed by atoms with van der Waals surface area (Å²) in [5.41, 5.74) is 3.27. The van der Waals surface area contributed by atoms with Gasteiger partial charge in [0.15, 0.2) is 0 Å². The van der Waals surface area contributed by atoms with Crippen LogP contribution in [0.3, 0.4) is 0 Å². The topological polar surface area (TPSA) is 26.3 Å². The van der Waals surface area contributed by atoms with Crippen LogP contribution in [0.25, 0.3) is 11.1 Å². The van der Waals surface area contributed by atoms with Crippen LogP contribution in [0, 0.1) is 6.92 Å². The number of carbonyl (C=O) groups is 1. The maximum Gasteiger partial charge on any atom is 0.338 e. The molecule has 0 saturated heterocycles. The number of benzene rings is 2. The Balaban J connectivity index is 2.62. The van der Waals surface area contributed by atoms with E-state index in [-0.39, 0.29) is 5.97 Å². The molecular weight excluding hydrogens is 260 g/mol. The van der Waals surface area contributed by atoms with Gasteiger partial charge in [-0.05, 0) is 37.1 Å². The van der Waals surface area contributed by atoms with Crippen LogP contribution in [0.1, 0.15) is 22.8 Å². The Morgan fingerprint density at radius 3 is 2.58 bits per heavy atom. The minimum absolute atomic E-state index is 0.344. The van der Waals surface area contributed by atoms with Gasteiger partial charge in [-0.2, -0.15) is 0 Å². The van der Waals surface area contributed by atoms with Crippen molar-refractivity contribution in [2.24, 2.45) is 0 Å². The molecule has 0 fully saturated rings. The summed E-state index contributed by atoms with van der Waals surface area (Å²) in [5.74, 6) is -0.344. The van der Waals surface area contributed by atoms with Crippen molar-refractivity contribution in [3.8, 4) is 11.1 Å². The fourth-order valence-electron chi connectivity index (χ4n) is 2.03. The number of rotatable bonds is 3. The number of halogens is 1. The van der Waals surface area contributed by atoms with Gasteiger partial charge in [0, 0.05) is 10.6 Å². The summed E-state index contributed by atoms with van der Waals surface area (Å²) in [5, 5.41) is 0.555. The van der Waals surface area contributed by atoms with Crippen LogP contribution in [0.5, 0.6) is 0 Å². The third-order valence-electron chi connectivity index (χ3n) is 2.92. The zero-order valence-corrected chi connectivity index (χ0v) is 11.7. The molecule has 2 nitrogen and oxygen atoms in total.